The Bertz CT molecular complexity index is 808. The van der Waals surface area contributed by atoms with Crippen LogP contribution in [0.25, 0.3) is 0 Å². The van der Waals surface area contributed by atoms with E-state index in [1.54, 1.807) is 23.9 Å². The van der Waals surface area contributed by atoms with Crippen LogP contribution in [0.1, 0.15) is 24.8 Å². The first-order chi connectivity index (χ1) is 12.5. The highest BCUT2D eigenvalue weighted by Gasteiger charge is 2.24. The zero-order valence-corrected chi connectivity index (χ0v) is 15.4. The molecule has 1 saturated heterocycles. The van der Waals surface area contributed by atoms with Crippen LogP contribution in [-0.4, -0.2) is 24.1 Å². The first kappa shape index (κ1) is 18.5. The Morgan fingerprint density at radius 1 is 1.23 bits per heavy atom. The SMILES string of the molecule is Cc1ccc(SCCC(=O)Nc2ccc(N3CCCC3=O)c(F)c2)cc1. The molecule has 1 aliphatic heterocycles. The molecule has 1 heterocycles. The summed E-state index contributed by atoms with van der Waals surface area (Å²) in [5, 5.41) is 2.71. The monoisotopic (exact) mass is 372 g/mol. The van der Waals surface area contributed by atoms with Gasteiger partial charge in [-0.05, 0) is 43.7 Å². The lowest BCUT2D eigenvalue weighted by atomic mass is 10.2. The van der Waals surface area contributed by atoms with Gasteiger partial charge < -0.3 is 10.2 Å². The number of benzene rings is 2. The van der Waals surface area contributed by atoms with Crippen molar-refractivity contribution in [2.75, 3.05) is 22.5 Å². The largest absolute Gasteiger partial charge is 0.326 e. The highest BCUT2D eigenvalue weighted by molar-refractivity contribution is 7.99. The minimum Gasteiger partial charge on any atom is -0.326 e. The average molecular weight is 372 g/mol. The van der Waals surface area contributed by atoms with Crippen molar-refractivity contribution in [2.45, 2.75) is 31.1 Å². The fourth-order valence-electron chi connectivity index (χ4n) is 2.83. The fourth-order valence-corrected chi connectivity index (χ4v) is 3.68. The maximum atomic E-state index is 14.3. The van der Waals surface area contributed by atoms with E-state index >= 15 is 0 Å². The van der Waals surface area contributed by atoms with Gasteiger partial charge in [-0.1, -0.05) is 17.7 Å². The third-order valence-electron chi connectivity index (χ3n) is 4.21. The second-order valence-corrected chi connectivity index (χ2v) is 7.44. The van der Waals surface area contributed by atoms with Gasteiger partial charge in [0.15, 0.2) is 0 Å². The Morgan fingerprint density at radius 3 is 2.65 bits per heavy atom. The summed E-state index contributed by atoms with van der Waals surface area (Å²) in [6.07, 6.45) is 1.54. The molecule has 0 aliphatic carbocycles. The minimum atomic E-state index is -0.493. The molecular formula is C20H21FN2O2S. The van der Waals surface area contributed by atoms with E-state index in [0.29, 0.717) is 30.8 Å². The zero-order chi connectivity index (χ0) is 18.5. The number of aryl methyl sites for hydroxylation is 1. The molecule has 1 aliphatic rings. The molecule has 2 aromatic rings. The van der Waals surface area contributed by atoms with Gasteiger partial charge >= 0.3 is 0 Å². The summed E-state index contributed by atoms with van der Waals surface area (Å²) in [6.45, 7) is 2.57. The van der Waals surface area contributed by atoms with Crippen LogP contribution < -0.4 is 10.2 Å². The smallest absolute Gasteiger partial charge is 0.227 e. The van der Waals surface area contributed by atoms with Gasteiger partial charge in [0.2, 0.25) is 11.8 Å². The quantitative estimate of drug-likeness (QED) is 0.766. The van der Waals surface area contributed by atoms with Gasteiger partial charge in [-0.2, -0.15) is 0 Å². The van der Waals surface area contributed by atoms with E-state index in [4.69, 9.17) is 0 Å². The van der Waals surface area contributed by atoms with E-state index in [2.05, 4.69) is 5.32 Å². The Hall–Kier alpha value is -2.34. The highest BCUT2D eigenvalue weighted by atomic mass is 32.2. The van der Waals surface area contributed by atoms with Crippen molar-refractivity contribution in [3.05, 3.63) is 53.8 Å². The Morgan fingerprint density at radius 2 is 2.00 bits per heavy atom. The molecule has 3 rings (SSSR count). The molecule has 1 N–H and O–H groups in total. The second kappa shape index (κ2) is 8.36. The molecule has 2 aromatic carbocycles. The zero-order valence-electron chi connectivity index (χ0n) is 14.6. The van der Waals surface area contributed by atoms with Crippen LogP contribution in [0.5, 0.6) is 0 Å². The lowest BCUT2D eigenvalue weighted by Crippen LogP contribution is -2.24. The number of halogens is 1. The first-order valence-electron chi connectivity index (χ1n) is 8.62. The number of nitrogens with zero attached hydrogens (tertiary/aromatic N) is 1. The normalized spacial score (nSPS) is 13.9. The molecule has 26 heavy (non-hydrogen) atoms. The van der Waals surface area contributed by atoms with E-state index in [1.807, 2.05) is 31.2 Å². The summed E-state index contributed by atoms with van der Waals surface area (Å²) in [7, 11) is 0. The van der Waals surface area contributed by atoms with Gasteiger partial charge in [-0.15, -0.1) is 11.8 Å². The second-order valence-electron chi connectivity index (χ2n) is 6.27. The van der Waals surface area contributed by atoms with Crippen LogP contribution >= 0.6 is 11.8 Å². The van der Waals surface area contributed by atoms with E-state index < -0.39 is 5.82 Å². The number of anilines is 2. The minimum absolute atomic E-state index is 0.0613. The maximum Gasteiger partial charge on any atom is 0.227 e. The van der Waals surface area contributed by atoms with Crippen LogP contribution in [0.15, 0.2) is 47.4 Å². The summed E-state index contributed by atoms with van der Waals surface area (Å²) in [5.41, 5.74) is 1.89. The van der Waals surface area contributed by atoms with Crippen molar-refractivity contribution >= 4 is 35.0 Å². The van der Waals surface area contributed by atoms with E-state index in [9.17, 15) is 14.0 Å². The van der Waals surface area contributed by atoms with Crippen LogP contribution in [0, 0.1) is 12.7 Å². The lowest BCUT2D eigenvalue weighted by Gasteiger charge is -2.17. The third-order valence-corrected chi connectivity index (χ3v) is 5.23. The van der Waals surface area contributed by atoms with Crippen molar-refractivity contribution < 1.29 is 14.0 Å². The molecule has 1 fully saturated rings. The van der Waals surface area contributed by atoms with Gasteiger partial charge in [-0.25, -0.2) is 4.39 Å². The van der Waals surface area contributed by atoms with Crippen molar-refractivity contribution in [2.24, 2.45) is 0 Å². The van der Waals surface area contributed by atoms with Crippen LogP contribution in [-0.2, 0) is 9.59 Å². The Kier molecular flexibility index (Phi) is 5.93. The molecule has 0 saturated carbocycles. The molecule has 2 amide bonds. The molecule has 4 nitrogen and oxygen atoms in total. The topological polar surface area (TPSA) is 49.4 Å². The van der Waals surface area contributed by atoms with E-state index in [0.717, 1.165) is 11.3 Å². The van der Waals surface area contributed by atoms with Gasteiger partial charge in [0.05, 0.1) is 5.69 Å². The molecule has 0 aromatic heterocycles. The molecule has 6 heteroatoms. The molecule has 0 spiro atoms. The summed E-state index contributed by atoms with van der Waals surface area (Å²) in [5.74, 6) is -0.0625. The maximum absolute atomic E-state index is 14.3. The first-order valence-corrected chi connectivity index (χ1v) is 9.61. The number of rotatable bonds is 6. The van der Waals surface area contributed by atoms with Gasteiger partial charge in [-0.3, -0.25) is 9.59 Å². The van der Waals surface area contributed by atoms with Gasteiger partial charge in [0.1, 0.15) is 5.82 Å². The molecule has 136 valence electrons. The summed E-state index contributed by atoms with van der Waals surface area (Å²) in [6, 6.07) is 12.6. The van der Waals surface area contributed by atoms with E-state index in [1.165, 1.54) is 16.5 Å². The van der Waals surface area contributed by atoms with Crippen LogP contribution in [0.4, 0.5) is 15.8 Å². The van der Waals surface area contributed by atoms with Crippen molar-refractivity contribution in [3.8, 4) is 0 Å². The standard InChI is InChI=1S/C20H21FN2O2S/c1-14-4-7-16(8-5-14)26-12-10-19(24)22-15-6-9-18(17(21)13-15)23-11-2-3-20(23)25/h4-9,13H,2-3,10-12H2,1H3,(H,22,24). The number of thioether (sulfide) groups is 1. The predicted molar refractivity (Wildman–Crippen MR) is 103 cm³/mol. The number of amides is 2. The van der Waals surface area contributed by atoms with Gasteiger partial charge in [0.25, 0.3) is 0 Å². The molecule has 0 unspecified atom stereocenters. The molecule has 0 bridgehead atoms. The number of hydrogen-bond donors (Lipinski definition) is 1. The van der Waals surface area contributed by atoms with Crippen molar-refractivity contribution in [1.29, 1.82) is 0 Å². The fraction of sp³-hybridized carbons (Fsp3) is 0.300. The number of carbonyl (C=O) groups excluding carboxylic acids is 2. The Labute approximate surface area is 156 Å². The van der Waals surface area contributed by atoms with E-state index in [-0.39, 0.29) is 17.5 Å². The molecule has 0 atom stereocenters. The van der Waals surface area contributed by atoms with Crippen LogP contribution in [0.2, 0.25) is 0 Å². The lowest BCUT2D eigenvalue weighted by molar-refractivity contribution is -0.117. The average Bonchev–Trinajstić information content (AvgIpc) is 3.03. The summed E-state index contributed by atoms with van der Waals surface area (Å²) in [4.78, 5) is 26.4. The summed E-state index contributed by atoms with van der Waals surface area (Å²) >= 11 is 1.61. The third kappa shape index (κ3) is 4.64. The molecular weight excluding hydrogens is 351 g/mol. The highest BCUT2D eigenvalue weighted by Crippen LogP contribution is 2.27. The summed E-state index contributed by atoms with van der Waals surface area (Å²) < 4.78 is 14.3. The van der Waals surface area contributed by atoms with Gasteiger partial charge in [0, 0.05) is 35.7 Å². The molecule has 0 radical (unpaired) electrons. The number of nitrogens with one attached hydrogen (secondary N) is 1. The van der Waals surface area contributed by atoms with Crippen molar-refractivity contribution in [1.82, 2.24) is 0 Å². The van der Waals surface area contributed by atoms with Crippen molar-refractivity contribution in [3.63, 3.8) is 0 Å². The van der Waals surface area contributed by atoms with Crippen LogP contribution in [0.3, 0.4) is 0 Å². The predicted octanol–water partition coefficient (Wildman–Crippen LogP) is 4.38. The Balaban J connectivity index is 1.51. The number of hydrogen-bond acceptors (Lipinski definition) is 3. The number of carbonyl (C=O) groups is 2.